The van der Waals surface area contributed by atoms with Crippen molar-refractivity contribution in [3.8, 4) is 0 Å². The minimum atomic E-state index is -4.47. The molecule has 0 bridgehead atoms. The minimum Gasteiger partial charge on any atom is -0.340 e. The maximum absolute atomic E-state index is 12.5. The van der Waals surface area contributed by atoms with Crippen LogP contribution in [0.25, 0.3) is 0 Å². The zero-order valence-corrected chi connectivity index (χ0v) is 14.5. The van der Waals surface area contributed by atoms with Crippen LogP contribution in [-0.4, -0.2) is 72.0 Å². The number of piperazine rings is 1. The van der Waals surface area contributed by atoms with Crippen LogP contribution in [0.1, 0.15) is 16.9 Å². The van der Waals surface area contributed by atoms with Gasteiger partial charge in [0.1, 0.15) is 6.42 Å². The lowest BCUT2D eigenvalue weighted by Crippen LogP contribution is -2.52. The molecule has 2 aliphatic rings. The SMILES string of the molecule is O=C(CC(F)(F)F)N1CCN(CC(=O)N2CCc3sccc3C2)CC1. The molecule has 9 heteroatoms. The highest BCUT2D eigenvalue weighted by atomic mass is 32.1. The maximum atomic E-state index is 12.5. The fraction of sp³-hybridized carbons (Fsp3) is 0.625. The number of nitrogens with zero attached hydrogens (tertiary/aromatic N) is 3. The molecule has 0 atom stereocenters. The van der Waals surface area contributed by atoms with Gasteiger partial charge in [0.15, 0.2) is 0 Å². The smallest absolute Gasteiger partial charge is 0.340 e. The van der Waals surface area contributed by atoms with E-state index in [1.165, 1.54) is 15.3 Å². The van der Waals surface area contributed by atoms with Crippen LogP contribution >= 0.6 is 11.3 Å². The van der Waals surface area contributed by atoms with Gasteiger partial charge < -0.3 is 9.80 Å². The molecule has 1 aromatic heterocycles. The van der Waals surface area contributed by atoms with E-state index in [1.807, 2.05) is 21.2 Å². The lowest BCUT2D eigenvalue weighted by molar-refractivity contribution is -0.162. The van der Waals surface area contributed by atoms with Gasteiger partial charge in [-0.2, -0.15) is 13.2 Å². The normalized spacial score (nSPS) is 19.0. The highest BCUT2D eigenvalue weighted by Crippen LogP contribution is 2.24. The summed E-state index contributed by atoms with van der Waals surface area (Å²) < 4.78 is 36.9. The van der Waals surface area contributed by atoms with E-state index >= 15 is 0 Å². The molecule has 1 aromatic rings. The van der Waals surface area contributed by atoms with Crippen molar-refractivity contribution in [1.82, 2.24) is 14.7 Å². The largest absolute Gasteiger partial charge is 0.397 e. The first-order chi connectivity index (χ1) is 11.8. The van der Waals surface area contributed by atoms with Crippen molar-refractivity contribution in [2.75, 3.05) is 39.3 Å². The number of hydrogen-bond donors (Lipinski definition) is 0. The van der Waals surface area contributed by atoms with Crippen LogP contribution in [0.5, 0.6) is 0 Å². The second-order valence-corrected chi connectivity index (χ2v) is 7.38. The quantitative estimate of drug-likeness (QED) is 0.808. The Kier molecular flexibility index (Phi) is 5.33. The standard InChI is InChI=1S/C16H20F3N3O2S/c17-16(18,19)9-14(23)21-6-4-20(5-7-21)11-15(24)22-3-1-13-12(10-22)2-8-25-13/h2,8H,1,3-7,9-11H2. The predicted octanol–water partition coefficient (Wildman–Crippen LogP) is 1.73. The number of fused-ring (bicyclic) bond motifs is 1. The van der Waals surface area contributed by atoms with Gasteiger partial charge in [0, 0.05) is 44.1 Å². The molecule has 25 heavy (non-hydrogen) atoms. The average molecular weight is 375 g/mol. The molecule has 0 aliphatic carbocycles. The van der Waals surface area contributed by atoms with Crippen LogP contribution in [0.4, 0.5) is 13.2 Å². The first kappa shape index (κ1) is 18.2. The summed E-state index contributed by atoms with van der Waals surface area (Å²) in [4.78, 5) is 30.4. The Morgan fingerprint density at radius 2 is 1.76 bits per heavy atom. The highest BCUT2D eigenvalue weighted by molar-refractivity contribution is 7.10. The molecule has 2 aliphatic heterocycles. The van der Waals surface area contributed by atoms with E-state index in [4.69, 9.17) is 0 Å². The third-order valence-corrected chi connectivity index (χ3v) is 5.62. The van der Waals surface area contributed by atoms with Crippen LogP contribution in [0.15, 0.2) is 11.4 Å². The summed E-state index contributed by atoms with van der Waals surface area (Å²) in [6.07, 6.45) is -5.01. The second-order valence-electron chi connectivity index (χ2n) is 6.38. The summed E-state index contributed by atoms with van der Waals surface area (Å²) in [5.41, 5.74) is 1.20. The molecule has 0 aromatic carbocycles. The predicted molar refractivity (Wildman–Crippen MR) is 87.1 cm³/mol. The van der Waals surface area contributed by atoms with E-state index in [9.17, 15) is 22.8 Å². The van der Waals surface area contributed by atoms with Crippen LogP contribution in [0, 0.1) is 0 Å². The van der Waals surface area contributed by atoms with E-state index in [0.29, 0.717) is 26.2 Å². The number of rotatable bonds is 3. The van der Waals surface area contributed by atoms with E-state index in [-0.39, 0.29) is 25.5 Å². The first-order valence-electron chi connectivity index (χ1n) is 8.22. The summed E-state index contributed by atoms with van der Waals surface area (Å²) in [6, 6.07) is 2.05. The number of halogens is 3. The molecule has 5 nitrogen and oxygen atoms in total. The van der Waals surface area contributed by atoms with Crippen LogP contribution in [-0.2, 0) is 22.6 Å². The monoisotopic (exact) mass is 375 g/mol. The summed E-state index contributed by atoms with van der Waals surface area (Å²) in [5.74, 6) is -0.855. The zero-order valence-electron chi connectivity index (χ0n) is 13.7. The Balaban J connectivity index is 1.45. The molecule has 0 N–H and O–H groups in total. The van der Waals surface area contributed by atoms with Crippen molar-refractivity contribution in [3.63, 3.8) is 0 Å². The lowest BCUT2D eigenvalue weighted by atomic mass is 10.1. The summed E-state index contributed by atoms with van der Waals surface area (Å²) in [5, 5.41) is 2.04. The number of carbonyl (C=O) groups excluding carboxylic acids is 2. The second kappa shape index (κ2) is 7.33. The lowest BCUT2D eigenvalue weighted by Gasteiger charge is -2.36. The van der Waals surface area contributed by atoms with Gasteiger partial charge in [0.2, 0.25) is 11.8 Å². The van der Waals surface area contributed by atoms with Crippen molar-refractivity contribution in [1.29, 1.82) is 0 Å². The summed E-state index contributed by atoms with van der Waals surface area (Å²) in [7, 11) is 0. The maximum Gasteiger partial charge on any atom is 0.397 e. The molecule has 2 amide bonds. The molecule has 0 spiro atoms. The fourth-order valence-corrected chi connectivity index (χ4v) is 4.08. The van der Waals surface area contributed by atoms with E-state index in [1.54, 1.807) is 11.3 Å². The van der Waals surface area contributed by atoms with Crippen LogP contribution in [0.3, 0.4) is 0 Å². The molecule has 0 unspecified atom stereocenters. The third-order valence-electron chi connectivity index (χ3n) is 4.60. The Bertz CT molecular complexity index is 639. The van der Waals surface area contributed by atoms with Gasteiger partial charge in [-0.3, -0.25) is 14.5 Å². The molecule has 3 rings (SSSR count). The number of amides is 2. The van der Waals surface area contributed by atoms with Gasteiger partial charge in [-0.15, -0.1) is 11.3 Å². The molecule has 0 saturated carbocycles. The van der Waals surface area contributed by atoms with Gasteiger partial charge in [-0.05, 0) is 23.4 Å². The Morgan fingerprint density at radius 1 is 1.04 bits per heavy atom. The number of alkyl halides is 3. The van der Waals surface area contributed by atoms with E-state index < -0.39 is 18.5 Å². The highest BCUT2D eigenvalue weighted by Gasteiger charge is 2.34. The summed E-state index contributed by atoms with van der Waals surface area (Å²) >= 11 is 1.72. The fourth-order valence-electron chi connectivity index (χ4n) is 3.19. The molecule has 1 fully saturated rings. The molecular weight excluding hydrogens is 355 g/mol. The Hall–Kier alpha value is -1.61. The zero-order chi connectivity index (χ0) is 18.0. The van der Waals surface area contributed by atoms with Gasteiger partial charge in [0.25, 0.3) is 0 Å². The molecular formula is C16H20F3N3O2S. The number of hydrogen-bond acceptors (Lipinski definition) is 4. The molecule has 138 valence electrons. The molecule has 0 radical (unpaired) electrons. The van der Waals surface area contributed by atoms with Gasteiger partial charge in [-0.1, -0.05) is 0 Å². The van der Waals surface area contributed by atoms with Gasteiger partial charge in [0.05, 0.1) is 6.54 Å². The minimum absolute atomic E-state index is 0.0342. The van der Waals surface area contributed by atoms with Crippen molar-refractivity contribution in [2.45, 2.75) is 25.6 Å². The van der Waals surface area contributed by atoms with Gasteiger partial charge in [-0.25, -0.2) is 0 Å². The number of carbonyl (C=O) groups is 2. The first-order valence-corrected chi connectivity index (χ1v) is 9.10. The van der Waals surface area contributed by atoms with Crippen LogP contribution in [0.2, 0.25) is 0 Å². The summed E-state index contributed by atoms with van der Waals surface area (Å²) in [6.45, 7) is 2.90. The number of thiophene rings is 1. The molecule has 1 saturated heterocycles. The van der Waals surface area contributed by atoms with Crippen molar-refractivity contribution < 1.29 is 22.8 Å². The Labute approximate surface area is 148 Å². The van der Waals surface area contributed by atoms with Gasteiger partial charge >= 0.3 is 6.18 Å². The van der Waals surface area contributed by atoms with Crippen molar-refractivity contribution in [2.24, 2.45) is 0 Å². The third kappa shape index (κ3) is 4.72. The Morgan fingerprint density at radius 3 is 2.44 bits per heavy atom. The van der Waals surface area contributed by atoms with Crippen molar-refractivity contribution >= 4 is 23.2 Å². The average Bonchev–Trinajstić information content (AvgIpc) is 3.01. The van der Waals surface area contributed by atoms with E-state index in [2.05, 4.69) is 0 Å². The van der Waals surface area contributed by atoms with Crippen LogP contribution < -0.4 is 0 Å². The van der Waals surface area contributed by atoms with E-state index in [0.717, 1.165) is 6.42 Å². The van der Waals surface area contributed by atoms with Crippen molar-refractivity contribution in [3.05, 3.63) is 21.9 Å². The molecule has 3 heterocycles. The topological polar surface area (TPSA) is 43.9 Å².